The van der Waals surface area contributed by atoms with E-state index >= 15 is 0 Å². The molecule has 0 fully saturated rings. The van der Waals surface area contributed by atoms with Crippen molar-refractivity contribution in [1.82, 2.24) is 0 Å². The lowest BCUT2D eigenvalue weighted by Gasteiger charge is -2.08. The molecular weight excluding hydrogens is 406 g/mol. The fourth-order valence-corrected chi connectivity index (χ4v) is 4.59. The van der Waals surface area contributed by atoms with Crippen molar-refractivity contribution in [2.24, 2.45) is 4.99 Å². The highest BCUT2D eigenvalue weighted by Gasteiger charge is 2.22. The quantitative estimate of drug-likeness (QED) is 0.420. The molecule has 0 saturated heterocycles. The number of halogens is 1. The van der Waals surface area contributed by atoms with E-state index in [1.165, 1.54) is 0 Å². The smallest absolute Gasteiger partial charge is 0.239 e. The lowest BCUT2D eigenvalue weighted by Crippen LogP contribution is -2.16. The first-order valence-corrected chi connectivity index (χ1v) is 10.9. The summed E-state index contributed by atoms with van der Waals surface area (Å²) >= 11 is 6.10. The average molecular weight is 424 g/mol. The Kier molecular flexibility index (Phi) is 5.03. The van der Waals surface area contributed by atoms with Crippen LogP contribution in [0.5, 0.6) is 0 Å². The van der Waals surface area contributed by atoms with Gasteiger partial charge < -0.3 is 4.42 Å². The molecule has 0 N–H and O–H groups in total. The van der Waals surface area contributed by atoms with E-state index in [1.54, 1.807) is 54.6 Å². The zero-order valence-electron chi connectivity index (χ0n) is 15.9. The van der Waals surface area contributed by atoms with Gasteiger partial charge in [-0.3, -0.25) is 0 Å². The molecule has 0 aliphatic heterocycles. The summed E-state index contributed by atoms with van der Waals surface area (Å²) in [6.07, 6.45) is 0. The second-order valence-electron chi connectivity index (χ2n) is 6.75. The van der Waals surface area contributed by atoms with Gasteiger partial charge in [-0.25, -0.2) is 13.4 Å². The summed E-state index contributed by atoms with van der Waals surface area (Å²) in [6.45, 7) is 3.93. The van der Waals surface area contributed by atoms with Gasteiger partial charge in [0.15, 0.2) is 0 Å². The fourth-order valence-electron chi connectivity index (χ4n) is 3.05. The van der Waals surface area contributed by atoms with Crippen molar-refractivity contribution in [3.63, 3.8) is 0 Å². The van der Waals surface area contributed by atoms with Crippen molar-refractivity contribution in [3.8, 4) is 0 Å². The molecule has 0 aliphatic rings. The molecule has 0 unspecified atom stereocenters. The molecule has 6 heteroatoms. The summed E-state index contributed by atoms with van der Waals surface area (Å²) < 4.78 is 32.7. The third kappa shape index (κ3) is 3.71. The fraction of sp³-hybridized carbons (Fsp3) is 0.0870. The summed E-state index contributed by atoms with van der Waals surface area (Å²) in [7, 11) is -3.85. The van der Waals surface area contributed by atoms with Gasteiger partial charge in [-0.15, -0.1) is 0 Å². The van der Waals surface area contributed by atoms with Crippen LogP contribution in [0.2, 0.25) is 5.02 Å². The Hall–Kier alpha value is -2.89. The topological polar surface area (TPSA) is 59.6 Å². The Morgan fingerprint density at radius 1 is 0.897 bits per heavy atom. The Bertz CT molecular complexity index is 1390. The minimum Gasteiger partial charge on any atom is -0.437 e. The molecule has 0 bridgehead atoms. The largest absolute Gasteiger partial charge is 0.437 e. The molecule has 1 heterocycles. The van der Waals surface area contributed by atoms with Crippen LogP contribution in [0.15, 0.2) is 92.0 Å². The molecule has 1 aromatic heterocycles. The molecule has 29 heavy (non-hydrogen) atoms. The first-order chi connectivity index (χ1) is 13.9. The van der Waals surface area contributed by atoms with Crippen molar-refractivity contribution in [2.45, 2.75) is 23.6 Å². The van der Waals surface area contributed by atoms with Gasteiger partial charge in [0.25, 0.3) is 0 Å². The number of rotatable bonds is 3. The third-order valence-corrected chi connectivity index (χ3v) is 6.82. The van der Waals surface area contributed by atoms with Crippen LogP contribution in [-0.2, 0) is 9.84 Å². The van der Waals surface area contributed by atoms with Crippen LogP contribution in [0.3, 0.4) is 0 Å². The van der Waals surface area contributed by atoms with E-state index in [-0.39, 0.29) is 15.3 Å². The van der Waals surface area contributed by atoms with Crippen LogP contribution in [0.4, 0.5) is 5.69 Å². The van der Waals surface area contributed by atoms with E-state index in [2.05, 4.69) is 4.99 Å². The average Bonchev–Trinajstić information content (AvgIpc) is 2.71. The van der Waals surface area contributed by atoms with Gasteiger partial charge in [0, 0.05) is 10.4 Å². The van der Waals surface area contributed by atoms with Crippen molar-refractivity contribution < 1.29 is 12.8 Å². The van der Waals surface area contributed by atoms with Crippen LogP contribution in [0.25, 0.3) is 11.0 Å². The minimum absolute atomic E-state index is 0.000581. The molecule has 0 amide bonds. The van der Waals surface area contributed by atoms with E-state index in [0.717, 1.165) is 11.1 Å². The van der Waals surface area contributed by atoms with E-state index in [4.69, 9.17) is 16.0 Å². The summed E-state index contributed by atoms with van der Waals surface area (Å²) in [5.41, 5.74) is 3.22. The number of aryl methyl sites for hydroxylation is 1. The zero-order valence-corrected chi connectivity index (χ0v) is 17.5. The summed E-state index contributed by atoms with van der Waals surface area (Å²) in [6, 6.07) is 20.6. The number of sulfone groups is 1. The molecule has 0 spiro atoms. The second-order valence-corrected chi connectivity index (χ2v) is 9.10. The molecule has 3 aromatic carbocycles. The number of benzene rings is 3. The van der Waals surface area contributed by atoms with Gasteiger partial charge in [-0.2, -0.15) is 0 Å². The number of hydrogen-bond acceptors (Lipinski definition) is 4. The Balaban J connectivity index is 2.08. The van der Waals surface area contributed by atoms with Crippen LogP contribution >= 0.6 is 11.6 Å². The van der Waals surface area contributed by atoms with Gasteiger partial charge in [-0.1, -0.05) is 41.9 Å². The monoisotopic (exact) mass is 423 g/mol. The maximum absolute atomic E-state index is 13.4. The van der Waals surface area contributed by atoms with E-state index < -0.39 is 9.84 Å². The molecule has 0 atom stereocenters. The summed E-state index contributed by atoms with van der Waals surface area (Å²) in [5.74, 6) is 0. The number of hydrogen-bond donors (Lipinski definition) is 0. The standard InChI is InChI=1S/C23H18ClNO3S/c1-15-7-6-10-20(16(15)2)25-23-22(29(26,27)19-8-4-3-5-9-19)14-17-13-18(24)11-12-21(17)28-23/h3-14H,1-2H3. The lowest BCUT2D eigenvalue weighted by atomic mass is 10.1. The molecule has 4 nitrogen and oxygen atoms in total. The van der Waals surface area contributed by atoms with Gasteiger partial charge >= 0.3 is 0 Å². The molecule has 146 valence electrons. The molecule has 4 rings (SSSR count). The van der Waals surface area contributed by atoms with Gasteiger partial charge in [0.2, 0.25) is 15.4 Å². The van der Waals surface area contributed by atoms with E-state index in [9.17, 15) is 8.42 Å². The highest BCUT2D eigenvalue weighted by molar-refractivity contribution is 7.91. The summed E-state index contributed by atoms with van der Waals surface area (Å²) in [5, 5.41) is 1.09. The third-order valence-electron chi connectivity index (χ3n) is 4.82. The van der Waals surface area contributed by atoms with E-state index in [1.807, 2.05) is 32.0 Å². The normalized spacial score (nSPS) is 12.4. The van der Waals surface area contributed by atoms with Gasteiger partial charge in [0.1, 0.15) is 10.5 Å². The number of fused-ring (bicyclic) bond motifs is 1. The second kappa shape index (κ2) is 7.50. The first-order valence-electron chi connectivity index (χ1n) is 9.01. The number of nitrogens with zero attached hydrogens (tertiary/aromatic N) is 1. The SMILES string of the molecule is Cc1cccc(N=c2oc3ccc(Cl)cc3cc2S(=O)(=O)c2ccccc2)c1C. The Morgan fingerprint density at radius 3 is 2.41 bits per heavy atom. The molecule has 0 saturated carbocycles. The van der Waals surface area contributed by atoms with Gasteiger partial charge in [0.05, 0.1) is 10.6 Å². The first kappa shape index (κ1) is 19.4. The molecule has 4 aromatic rings. The maximum Gasteiger partial charge on any atom is 0.239 e. The van der Waals surface area contributed by atoms with Crippen LogP contribution in [0, 0.1) is 13.8 Å². The van der Waals surface area contributed by atoms with Crippen molar-refractivity contribution in [1.29, 1.82) is 0 Å². The van der Waals surface area contributed by atoms with Crippen LogP contribution in [0.1, 0.15) is 11.1 Å². The zero-order chi connectivity index (χ0) is 20.6. The van der Waals surface area contributed by atoms with E-state index in [0.29, 0.717) is 21.7 Å². The van der Waals surface area contributed by atoms with Gasteiger partial charge in [-0.05, 0) is 67.4 Å². The van der Waals surface area contributed by atoms with Crippen LogP contribution < -0.4 is 5.55 Å². The molecule has 0 aliphatic carbocycles. The summed E-state index contributed by atoms with van der Waals surface area (Å²) in [4.78, 5) is 4.76. The predicted octanol–water partition coefficient (Wildman–Crippen LogP) is 5.77. The predicted molar refractivity (Wildman–Crippen MR) is 114 cm³/mol. The highest BCUT2D eigenvalue weighted by atomic mass is 35.5. The van der Waals surface area contributed by atoms with Crippen molar-refractivity contribution in [2.75, 3.05) is 0 Å². The Morgan fingerprint density at radius 2 is 1.66 bits per heavy atom. The molecule has 0 radical (unpaired) electrons. The Labute approximate surface area is 174 Å². The van der Waals surface area contributed by atoms with Crippen LogP contribution in [-0.4, -0.2) is 8.42 Å². The highest BCUT2D eigenvalue weighted by Crippen LogP contribution is 2.26. The van der Waals surface area contributed by atoms with Crippen molar-refractivity contribution >= 4 is 38.1 Å². The maximum atomic E-state index is 13.4. The lowest BCUT2D eigenvalue weighted by molar-refractivity contribution is 0.517. The van der Waals surface area contributed by atoms with Crippen molar-refractivity contribution in [3.05, 3.63) is 94.5 Å². The molecular formula is C23H18ClNO3S. The minimum atomic E-state index is -3.85.